The first-order valence-corrected chi connectivity index (χ1v) is 5.77. The van der Waals surface area contributed by atoms with Crippen LogP contribution in [0.5, 0.6) is 0 Å². The van der Waals surface area contributed by atoms with Gasteiger partial charge in [-0.3, -0.25) is 0 Å². The summed E-state index contributed by atoms with van der Waals surface area (Å²) in [4.78, 5) is 0. The average Bonchev–Trinajstić information content (AvgIpc) is 2.71. The van der Waals surface area contributed by atoms with Crippen LogP contribution in [0.4, 0.5) is 8.78 Å². The number of alkyl halides is 2. The highest BCUT2D eigenvalue weighted by molar-refractivity contribution is 4.85. The minimum absolute atomic E-state index is 0.116. The standard InChI is InChI=1S/C11H19F2N/c12-11(13,10-3-1-2-4-10)7-9-5-6-14-8-9/h9-10,14H,1-8H2. The molecule has 82 valence electrons. The lowest BCUT2D eigenvalue weighted by atomic mass is 9.90. The first-order chi connectivity index (χ1) is 6.68. The topological polar surface area (TPSA) is 12.0 Å². The number of nitrogens with one attached hydrogen (secondary N) is 1. The van der Waals surface area contributed by atoms with Crippen molar-refractivity contribution in [2.75, 3.05) is 13.1 Å². The van der Waals surface area contributed by atoms with Crippen LogP contribution in [-0.4, -0.2) is 19.0 Å². The zero-order valence-corrected chi connectivity index (χ0v) is 8.57. The molecule has 1 saturated carbocycles. The van der Waals surface area contributed by atoms with E-state index in [1.165, 1.54) is 0 Å². The van der Waals surface area contributed by atoms with Gasteiger partial charge >= 0.3 is 0 Å². The SMILES string of the molecule is FC(F)(CC1CCNC1)C1CCCC1. The van der Waals surface area contributed by atoms with Crippen molar-refractivity contribution in [3.05, 3.63) is 0 Å². The van der Waals surface area contributed by atoms with Gasteiger partial charge in [0.1, 0.15) is 0 Å². The Morgan fingerprint density at radius 1 is 1.14 bits per heavy atom. The molecule has 3 heteroatoms. The van der Waals surface area contributed by atoms with Gasteiger partial charge in [0, 0.05) is 12.3 Å². The van der Waals surface area contributed by atoms with Gasteiger partial charge in [0.25, 0.3) is 5.92 Å². The van der Waals surface area contributed by atoms with E-state index in [4.69, 9.17) is 0 Å². The molecule has 0 spiro atoms. The lowest BCUT2D eigenvalue weighted by Gasteiger charge is -2.25. The Balaban J connectivity index is 1.86. The summed E-state index contributed by atoms with van der Waals surface area (Å²) in [5.74, 6) is -2.50. The molecule has 0 aromatic heterocycles. The van der Waals surface area contributed by atoms with Gasteiger partial charge in [0.2, 0.25) is 0 Å². The Bertz CT molecular complexity index is 182. The molecule has 1 heterocycles. The minimum Gasteiger partial charge on any atom is -0.316 e. The Morgan fingerprint density at radius 2 is 1.86 bits per heavy atom. The molecule has 0 bridgehead atoms. The molecule has 0 aromatic rings. The molecule has 0 aromatic carbocycles. The third kappa shape index (κ3) is 2.25. The van der Waals surface area contributed by atoms with Crippen molar-refractivity contribution in [1.29, 1.82) is 0 Å². The monoisotopic (exact) mass is 203 g/mol. The van der Waals surface area contributed by atoms with Gasteiger partial charge in [-0.1, -0.05) is 12.8 Å². The Morgan fingerprint density at radius 3 is 2.43 bits per heavy atom. The summed E-state index contributed by atoms with van der Waals surface area (Å²) in [6.45, 7) is 1.72. The Hall–Kier alpha value is -0.180. The van der Waals surface area contributed by atoms with E-state index >= 15 is 0 Å². The first-order valence-electron chi connectivity index (χ1n) is 5.77. The van der Waals surface area contributed by atoms with Crippen LogP contribution < -0.4 is 5.32 Å². The molecule has 1 aliphatic heterocycles. The second-order valence-corrected chi connectivity index (χ2v) is 4.81. The molecule has 2 rings (SSSR count). The van der Waals surface area contributed by atoms with Crippen molar-refractivity contribution in [3.63, 3.8) is 0 Å². The molecule has 1 N–H and O–H groups in total. The Kier molecular flexibility index (Phi) is 3.05. The van der Waals surface area contributed by atoms with Crippen molar-refractivity contribution in [3.8, 4) is 0 Å². The zero-order chi connectivity index (χ0) is 10.0. The van der Waals surface area contributed by atoms with E-state index in [1.807, 2.05) is 0 Å². The highest BCUT2D eigenvalue weighted by atomic mass is 19.3. The van der Waals surface area contributed by atoms with Crippen molar-refractivity contribution < 1.29 is 8.78 Å². The largest absolute Gasteiger partial charge is 0.316 e. The molecule has 1 atom stereocenters. The molecular formula is C11H19F2N. The summed E-state index contributed by atoms with van der Waals surface area (Å²) in [6, 6.07) is 0. The van der Waals surface area contributed by atoms with Crippen LogP contribution in [0.3, 0.4) is 0 Å². The van der Waals surface area contributed by atoms with Gasteiger partial charge in [-0.15, -0.1) is 0 Å². The van der Waals surface area contributed by atoms with Gasteiger partial charge in [-0.2, -0.15) is 0 Å². The van der Waals surface area contributed by atoms with E-state index in [1.54, 1.807) is 0 Å². The van der Waals surface area contributed by atoms with Crippen LogP contribution in [0, 0.1) is 11.8 Å². The van der Waals surface area contributed by atoms with E-state index in [-0.39, 0.29) is 18.3 Å². The predicted octanol–water partition coefficient (Wildman–Crippen LogP) is 2.81. The number of hydrogen-bond donors (Lipinski definition) is 1. The summed E-state index contributed by atoms with van der Waals surface area (Å²) in [7, 11) is 0. The maximum absolute atomic E-state index is 13.8. The fourth-order valence-electron chi connectivity index (χ4n) is 2.79. The molecule has 2 fully saturated rings. The molecule has 0 amide bonds. The van der Waals surface area contributed by atoms with Gasteiger partial charge in [-0.05, 0) is 38.3 Å². The van der Waals surface area contributed by atoms with Gasteiger partial charge in [-0.25, -0.2) is 8.78 Å². The van der Waals surface area contributed by atoms with Crippen LogP contribution in [-0.2, 0) is 0 Å². The fourth-order valence-corrected chi connectivity index (χ4v) is 2.79. The molecule has 1 unspecified atom stereocenters. The quantitative estimate of drug-likeness (QED) is 0.743. The summed E-state index contributed by atoms with van der Waals surface area (Å²) in [6.07, 6.45) is 4.54. The van der Waals surface area contributed by atoms with Gasteiger partial charge in [0.15, 0.2) is 0 Å². The molecule has 0 radical (unpaired) electrons. The molecule has 1 nitrogen and oxygen atoms in total. The average molecular weight is 203 g/mol. The van der Waals surface area contributed by atoms with Crippen molar-refractivity contribution >= 4 is 0 Å². The van der Waals surface area contributed by atoms with Crippen molar-refractivity contribution in [2.24, 2.45) is 11.8 Å². The number of halogens is 2. The second kappa shape index (κ2) is 4.13. The highest BCUT2D eigenvalue weighted by Crippen LogP contribution is 2.42. The van der Waals surface area contributed by atoms with Crippen molar-refractivity contribution in [2.45, 2.75) is 44.4 Å². The highest BCUT2D eigenvalue weighted by Gasteiger charge is 2.42. The maximum Gasteiger partial charge on any atom is 0.251 e. The van der Waals surface area contributed by atoms with Crippen molar-refractivity contribution in [1.82, 2.24) is 5.32 Å². The number of hydrogen-bond acceptors (Lipinski definition) is 1. The summed E-state index contributed by atoms with van der Waals surface area (Å²) < 4.78 is 27.5. The van der Waals surface area contributed by atoms with Crippen LogP contribution in [0.2, 0.25) is 0 Å². The molecule has 14 heavy (non-hydrogen) atoms. The van der Waals surface area contributed by atoms with Crippen LogP contribution >= 0.6 is 0 Å². The fraction of sp³-hybridized carbons (Fsp3) is 1.00. The summed E-state index contributed by atoms with van der Waals surface area (Å²) >= 11 is 0. The molecule has 1 saturated heterocycles. The second-order valence-electron chi connectivity index (χ2n) is 4.81. The van der Waals surface area contributed by atoms with E-state index in [0.717, 1.165) is 45.2 Å². The molecule has 1 aliphatic carbocycles. The van der Waals surface area contributed by atoms with E-state index < -0.39 is 5.92 Å². The third-order valence-electron chi connectivity index (χ3n) is 3.68. The van der Waals surface area contributed by atoms with Gasteiger partial charge in [0.05, 0.1) is 0 Å². The van der Waals surface area contributed by atoms with E-state index in [9.17, 15) is 8.78 Å². The Labute approximate surface area is 84.3 Å². The molecular weight excluding hydrogens is 184 g/mol. The maximum atomic E-state index is 13.8. The number of rotatable bonds is 3. The minimum atomic E-state index is -2.40. The van der Waals surface area contributed by atoms with Crippen LogP contribution in [0.15, 0.2) is 0 Å². The third-order valence-corrected chi connectivity index (χ3v) is 3.68. The first kappa shape index (κ1) is 10.3. The van der Waals surface area contributed by atoms with Crippen LogP contribution in [0.25, 0.3) is 0 Å². The summed E-state index contributed by atoms with van der Waals surface area (Å²) in [5, 5.41) is 3.15. The normalized spacial score (nSPS) is 30.0. The zero-order valence-electron chi connectivity index (χ0n) is 8.57. The van der Waals surface area contributed by atoms with E-state index in [0.29, 0.717) is 0 Å². The molecule has 2 aliphatic rings. The predicted molar refractivity (Wildman–Crippen MR) is 52.5 cm³/mol. The summed E-state index contributed by atoms with van der Waals surface area (Å²) in [5.41, 5.74) is 0. The van der Waals surface area contributed by atoms with Crippen LogP contribution in [0.1, 0.15) is 38.5 Å². The van der Waals surface area contributed by atoms with Gasteiger partial charge < -0.3 is 5.32 Å². The lowest BCUT2D eigenvalue weighted by Crippen LogP contribution is -2.29. The van der Waals surface area contributed by atoms with E-state index in [2.05, 4.69) is 5.32 Å². The lowest BCUT2D eigenvalue weighted by molar-refractivity contribution is -0.0733. The smallest absolute Gasteiger partial charge is 0.251 e.